The largest absolute Gasteiger partial charge is 0.497 e. The van der Waals surface area contributed by atoms with E-state index in [9.17, 15) is 4.79 Å². The highest BCUT2D eigenvalue weighted by Crippen LogP contribution is 2.55. The lowest BCUT2D eigenvalue weighted by Gasteiger charge is -2.48. The van der Waals surface area contributed by atoms with Crippen LogP contribution >= 0.6 is 0 Å². The molecule has 2 unspecified atom stereocenters. The van der Waals surface area contributed by atoms with Crippen molar-refractivity contribution in [3.05, 3.63) is 23.7 Å². The lowest BCUT2D eigenvalue weighted by Crippen LogP contribution is -2.49. The van der Waals surface area contributed by atoms with Crippen LogP contribution in [0.5, 0.6) is 0 Å². The number of nitrogens with zero attached hydrogens (tertiary/aromatic N) is 1. The van der Waals surface area contributed by atoms with E-state index in [1.165, 1.54) is 6.42 Å². The van der Waals surface area contributed by atoms with E-state index in [4.69, 9.17) is 9.47 Å². The van der Waals surface area contributed by atoms with E-state index in [2.05, 4.69) is 31.0 Å². The molecule has 1 heterocycles. The maximum Gasteiger partial charge on any atom is 0.156 e. The zero-order valence-corrected chi connectivity index (χ0v) is 14.1. The van der Waals surface area contributed by atoms with Gasteiger partial charge in [0, 0.05) is 24.8 Å². The Kier molecular flexibility index (Phi) is 4.06. The number of ketones is 1. The molecule has 2 fully saturated rings. The summed E-state index contributed by atoms with van der Waals surface area (Å²) in [6, 6.07) is 0.369. The van der Waals surface area contributed by atoms with Crippen LogP contribution in [0.25, 0.3) is 0 Å². The highest BCUT2D eigenvalue weighted by atomic mass is 16.5. The molecule has 3 rings (SSSR count). The summed E-state index contributed by atoms with van der Waals surface area (Å²) in [5.74, 6) is 2.88. The summed E-state index contributed by atoms with van der Waals surface area (Å²) >= 11 is 0. The van der Waals surface area contributed by atoms with Crippen LogP contribution in [0.15, 0.2) is 23.7 Å². The Hall–Kier alpha value is -1.29. The predicted octanol–water partition coefficient (Wildman–Crippen LogP) is 2.76. The highest BCUT2D eigenvalue weighted by Gasteiger charge is 2.55. The fourth-order valence-electron chi connectivity index (χ4n) is 5.01. The lowest BCUT2D eigenvalue weighted by atomic mass is 9.58. The van der Waals surface area contributed by atoms with Gasteiger partial charge < -0.3 is 14.4 Å². The van der Waals surface area contributed by atoms with Crippen LogP contribution in [0.4, 0.5) is 0 Å². The summed E-state index contributed by atoms with van der Waals surface area (Å²) in [7, 11) is 5.58. The summed E-state index contributed by atoms with van der Waals surface area (Å²) < 4.78 is 11.1. The molecule has 122 valence electrons. The van der Waals surface area contributed by atoms with E-state index in [0.717, 1.165) is 30.9 Å². The standard InChI is InChI=1S/C18H27NO3/c1-12-14(5-6-15(21-3)17(12)22-4)18-8-7-13(20)11-16(18)19(2)10-9-18/h5-6,12,14,16H,7-11H2,1-4H3/t12?,14?,16-,18-/m0/s1. The van der Waals surface area contributed by atoms with Crippen LogP contribution in [0.3, 0.4) is 0 Å². The quantitative estimate of drug-likeness (QED) is 0.804. The molecule has 0 aromatic carbocycles. The van der Waals surface area contributed by atoms with E-state index in [0.29, 0.717) is 24.2 Å². The number of hydrogen-bond donors (Lipinski definition) is 0. The number of ether oxygens (including phenoxy) is 2. The number of fused-ring (bicyclic) bond motifs is 1. The van der Waals surface area contributed by atoms with E-state index in [-0.39, 0.29) is 11.3 Å². The van der Waals surface area contributed by atoms with Crippen LogP contribution in [-0.4, -0.2) is 44.5 Å². The molecule has 0 spiro atoms. The average Bonchev–Trinajstić information content (AvgIpc) is 2.85. The van der Waals surface area contributed by atoms with Crippen molar-refractivity contribution in [1.29, 1.82) is 0 Å². The van der Waals surface area contributed by atoms with Crippen LogP contribution in [0.2, 0.25) is 0 Å². The first-order valence-corrected chi connectivity index (χ1v) is 8.26. The monoisotopic (exact) mass is 305 g/mol. The summed E-state index contributed by atoms with van der Waals surface area (Å²) in [5.41, 5.74) is 0.196. The molecule has 1 saturated carbocycles. The smallest absolute Gasteiger partial charge is 0.156 e. The third kappa shape index (κ3) is 2.19. The molecule has 0 radical (unpaired) electrons. The Morgan fingerprint density at radius 2 is 2.05 bits per heavy atom. The van der Waals surface area contributed by atoms with Gasteiger partial charge in [-0.05, 0) is 43.8 Å². The maximum absolute atomic E-state index is 12.0. The van der Waals surface area contributed by atoms with Gasteiger partial charge in [-0.2, -0.15) is 0 Å². The highest BCUT2D eigenvalue weighted by molar-refractivity contribution is 5.80. The normalized spacial score (nSPS) is 39.1. The molecule has 0 bridgehead atoms. The average molecular weight is 305 g/mol. The SMILES string of the molecule is COC1=C(OC)C(C)C([C@@]23CCC(=O)C[C@@H]2N(C)CC3)C=C1. The Balaban J connectivity index is 1.95. The number of carbonyl (C=O) groups excluding carboxylic acids is 1. The molecule has 0 amide bonds. The molecule has 1 saturated heterocycles. The summed E-state index contributed by atoms with van der Waals surface area (Å²) in [6.07, 6.45) is 7.96. The molecule has 4 nitrogen and oxygen atoms in total. The maximum atomic E-state index is 12.0. The summed E-state index contributed by atoms with van der Waals surface area (Å²) in [6.45, 7) is 3.31. The first-order chi connectivity index (χ1) is 10.5. The van der Waals surface area contributed by atoms with Gasteiger partial charge in [-0.3, -0.25) is 4.79 Å². The molecule has 0 N–H and O–H groups in total. The molecule has 22 heavy (non-hydrogen) atoms. The minimum atomic E-state index is 0.196. The minimum absolute atomic E-state index is 0.196. The molecule has 4 atom stereocenters. The zero-order chi connectivity index (χ0) is 15.9. The van der Waals surface area contributed by atoms with Crippen LogP contribution in [0, 0.1) is 17.3 Å². The Morgan fingerprint density at radius 3 is 2.73 bits per heavy atom. The number of hydrogen-bond acceptors (Lipinski definition) is 4. The summed E-state index contributed by atoms with van der Waals surface area (Å²) in [5, 5.41) is 0. The molecule has 3 aliphatic rings. The molecule has 4 heteroatoms. The van der Waals surface area contributed by atoms with Gasteiger partial charge in [0.2, 0.25) is 0 Å². The van der Waals surface area contributed by atoms with Crippen LogP contribution in [0.1, 0.15) is 32.6 Å². The first kappa shape index (κ1) is 15.6. The molecule has 1 aliphatic heterocycles. The lowest BCUT2D eigenvalue weighted by molar-refractivity contribution is -0.125. The molecule has 0 aromatic rings. The van der Waals surface area contributed by atoms with Crippen molar-refractivity contribution < 1.29 is 14.3 Å². The Labute approximate surface area is 133 Å². The van der Waals surface area contributed by atoms with Crippen molar-refractivity contribution in [2.24, 2.45) is 17.3 Å². The fourth-order valence-corrected chi connectivity index (χ4v) is 5.01. The molecule has 0 aromatic heterocycles. The third-order valence-electron chi connectivity index (χ3n) is 6.17. The third-order valence-corrected chi connectivity index (χ3v) is 6.17. The topological polar surface area (TPSA) is 38.8 Å². The van der Waals surface area contributed by atoms with Crippen molar-refractivity contribution in [3.8, 4) is 0 Å². The van der Waals surface area contributed by atoms with Gasteiger partial charge in [0.05, 0.1) is 14.2 Å². The van der Waals surface area contributed by atoms with Crippen LogP contribution in [-0.2, 0) is 14.3 Å². The van der Waals surface area contributed by atoms with E-state index < -0.39 is 0 Å². The van der Waals surface area contributed by atoms with E-state index in [1.807, 2.05) is 0 Å². The molecule has 2 aliphatic carbocycles. The first-order valence-electron chi connectivity index (χ1n) is 8.26. The zero-order valence-electron chi connectivity index (χ0n) is 14.1. The predicted molar refractivity (Wildman–Crippen MR) is 85.2 cm³/mol. The molecular weight excluding hydrogens is 278 g/mol. The Morgan fingerprint density at radius 1 is 1.27 bits per heavy atom. The van der Waals surface area contributed by atoms with Gasteiger partial charge in [-0.25, -0.2) is 0 Å². The minimum Gasteiger partial charge on any atom is -0.497 e. The van der Waals surface area contributed by atoms with Gasteiger partial charge >= 0.3 is 0 Å². The number of Topliss-reactive ketones (excluding diaryl/α,β-unsaturated/α-hetero) is 1. The van der Waals surface area contributed by atoms with Gasteiger partial charge in [0.25, 0.3) is 0 Å². The number of carbonyl (C=O) groups is 1. The summed E-state index contributed by atoms with van der Waals surface area (Å²) in [4.78, 5) is 14.4. The number of methoxy groups -OCH3 is 2. The van der Waals surface area contributed by atoms with Crippen molar-refractivity contribution in [2.45, 2.75) is 38.6 Å². The van der Waals surface area contributed by atoms with Gasteiger partial charge in [-0.1, -0.05) is 13.0 Å². The number of allylic oxidation sites excluding steroid dienone is 3. The van der Waals surface area contributed by atoms with Gasteiger partial charge in [0.15, 0.2) is 5.76 Å². The Bertz CT molecular complexity index is 524. The van der Waals surface area contributed by atoms with Crippen molar-refractivity contribution in [1.82, 2.24) is 4.90 Å². The van der Waals surface area contributed by atoms with Gasteiger partial charge in [0.1, 0.15) is 11.5 Å². The van der Waals surface area contributed by atoms with Gasteiger partial charge in [-0.15, -0.1) is 0 Å². The van der Waals surface area contributed by atoms with E-state index in [1.54, 1.807) is 14.2 Å². The van der Waals surface area contributed by atoms with Crippen molar-refractivity contribution in [3.63, 3.8) is 0 Å². The second-order valence-corrected chi connectivity index (χ2v) is 7.03. The number of likely N-dealkylation sites (tertiary alicyclic amines) is 1. The van der Waals surface area contributed by atoms with E-state index >= 15 is 0 Å². The second-order valence-electron chi connectivity index (χ2n) is 7.03. The molecular formula is C18H27NO3. The van der Waals surface area contributed by atoms with Crippen molar-refractivity contribution in [2.75, 3.05) is 27.8 Å². The number of rotatable bonds is 3. The van der Waals surface area contributed by atoms with Crippen LogP contribution < -0.4 is 0 Å². The fraction of sp³-hybridized carbons (Fsp3) is 0.722. The second kappa shape index (κ2) is 5.73. The van der Waals surface area contributed by atoms with Crippen molar-refractivity contribution >= 4 is 5.78 Å².